The Balaban J connectivity index is 2.12. The standard InChI is InChI=1S/C11H16N6/c12-9-2-1-8(7-3-5-14-6-4-7)10-15-11(13)16-17(9)10/h1-2,7,14H,3-6,12H2,(H2,13,16). The van der Waals surface area contributed by atoms with Gasteiger partial charge in [0.15, 0.2) is 5.65 Å². The first-order valence-electron chi connectivity index (χ1n) is 5.87. The molecule has 0 unspecified atom stereocenters. The average Bonchev–Trinajstić information content (AvgIpc) is 2.73. The molecule has 0 amide bonds. The van der Waals surface area contributed by atoms with Gasteiger partial charge in [0.2, 0.25) is 5.95 Å². The maximum atomic E-state index is 5.86. The highest BCUT2D eigenvalue weighted by atomic mass is 15.3. The Morgan fingerprint density at radius 2 is 2.00 bits per heavy atom. The number of piperidine rings is 1. The molecule has 17 heavy (non-hydrogen) atoms. The van der Waals surface area contributed by atoms with E-state index in [9.17, 15) is 0 Å². The van der Waals surface area contributed by atoms with Crippen molar-refractivity contribution in [2.45, 2.75) is 18.8 Å². The highest BCUT2D eigenvalue weighted by Crippen LogP contribution is 2.29. The van der Waals surface area contributed by atoms with E-state index in [-0.39, 0.29) is 5.95 Å². The smallest absolute Gasteiger partial charge is 0.240 e. The molecule has 2 aromatic rings. The lowest BCUT2D eigenvalue weighted by Crippen LogP contribution is -2.27. The van der Waals surface area contributed by atoms with E-state index in [0.717, 1.165) is 31.6 Å². The van der Waals surface area contributed by atoms with Crippen LogP contribution in [0.25, 0.3) is 5.65 Å². The lowest BCUT2D eigenvalue weighted by atomic mass is 9.91. The summed E-state index contributed by atoms with van der Waals surface area (Å²) in [6, 6.07) is 3.92. The zero-order valence-electron chi connectivity index (χ0n) is 9.56. The van der Waals surface area contributed by atoms with Crippen molar-refractivity contribution in [2.24, 2.45) is 0 Å². The fourth-order valence-electron chi connectivity index (χ4n) is 2.47. The van der Waals surface area contributed by atoms with Gasteiger partial charge in [-0.1, -0.05) is 6.07 Å². The third-order valence-corrected chi connectivity index (χ3v) is 3.34. The molecule has 90 valence electrons. The molecule has 1 aliphatic heterocycles. The SMILES string of the molecule is Nc1nc2c(C3CCNCC3)ccc(N)n2n1. The van der Waals surface area contributed by atoms with Crippen molar-refractivity contribution in [3.8, 4) is 0 Å². The van der Waals surface area contributed by atoms with Gasteiger partial charge in [0.25, 0.3) is 0 Å². The van der Waals surface area contributed by atoms with Gasteiger partial charge >= 0.3 is 0 Å². The summed E-state index contributed by atoms with van der Waals surface area (Å²) in [4.78, 5) is 4.28. The van der Waals surface area contributed by atoms with Gasteiger partial charge in [-0.3, -0.25) is 0 Å². The van der Waals surface area contributed by atoms with Gasteiger partial charge in [-0.05, 0) is 37.9 Å². The summed E-state index contributed by atoms with van der Waals surface area (Å²) < 4.78 is 1.63. The number of pyridine rings is 1. The molecule has 3 rings (SSSR count). The molecule has 6 heteroatoms. The zero-order chi connectivity index (χ0) is 11.8. The van der Waals surface area contributed by atoms with Crippen molar-refractivity contribution in [2.75, 3.05) is 24.6 Å². The third-order valence-electron chi connectivity index (χ3n) is 3.34. The normalized spacial score (nSPS) is 17.6. The monoisotopic (exact) mass is 232 g/mol. The van der Waals surface area contributed by atoms with Crippen LogP contribution in [0, 0.1) is 0 Å². The Morgan fingerprint density at radius 3 is 2.76 bits per heavy atom. The minimum atomic E-state index is 0.276. The first-order chi connectivity index (χ1) is 8.25. The number of fused-ring (bicyclic) bond motifs is 1. The Labute approximate surface area is 99.0 Å². The number of nitrogen functional groups attached to an aromatic ring is 2. The topological polar surface area (TPSA) is 94.3 Å². The molecule has 6 nitrogen and oxygen atoms in total. The van der Waals surface area contributed by atoms with Crippen LogP contribution in [0.4, 0.5) is 11.8 Å². The van der Waals surface area contributed by atoms with Gasteiger partial charge in [-0.25, -0.2) is 0 Å². The molecule has 1 aliphatic rings. The molecule has 1 saturated heterocycles. The quantitative estimate of drug-likeness (QED) is 0.660. The number of aromatic nitrogens is 3. The predicted molar refractivity (Wildman–Crippen MR) is 66.7 cm³/mol. The molecule has 0 aliphatic carbocycles. The maximum Gasteiger partial charge on any atom is 0.240 e. The number of hydrogen-bond acceptors (Lipinski definition) is 5. The van der Waals surface area contributed by atoms with E-state index in [2.05, 4.69) is 21.5 Å². The summed E-state index contributed by atoms with van der Waals surface area (Å²) >= 11 is 0. The van der Waals surface area contributed by atoms with Crippen LogP contribution >= 0.6 is 0 Å². The summed E-state index contributed by atoms with van der Waals surface area (Å²) in [6.07, 6.45) is 2.23. The van der Waals surface area contributed by atoms with Gasteiger partial charge in [0, 0.05) is 5.56 Å². The minimum absolute atomic E-state index is 0.276. The highest BCUT2D eigenvalue weighted by molar-refractivity contribution is 5.57. The van der Waals surface area contributed by atoms with Crippen molar-refractivity contribution in [1.29, 1.82) is 0 Å². The summed E-state index contributed by atoms with van der Waals surface area (Å²) in [5.74, 6) is 1.36. The van der Waals surface area contributed by atoms with Gasteiger partial charge in [0.05, 0.1) is 0 Å². The Bertz CT molecular complexity index is 540. The van der Waals surface area contributed by atoms with E-state index in [4.69, 9.17) is 11.5 Å². The molecule has 0 saturated carbocycles. The summed E-state index contributed by atoms with van der Waals surface area (Å²) in [6.45, 7) is 2.09. The van der Waals surface area contributed by atoms with Crippen molar-refractivity contribution in [3.05, 3.63) is 17.7 Å². The second-order valence-corrected chi connectivity index (χ2v) is 4.44. The lowest BCUT2D eigenvalue weighted by molar-refractivity contribution is 0.461. The van der Waals surface area contributed by atoms with Crippen LogP contribution in [0.3, 0.4) is 0 Å². The number of anilines is 2. The van der Waals surface area contributed by atoms with E-state index in [1.165, 1.54) is 5.56 Å². The van der Waals surface area contributed by atoms with Crippen molar-refractivity contribution >= 4 is 17.4 Å². The number of nitrogens with zero attached hydrogens (tertiary/aromatic N) is 3. The molecule has 5 N–H and O–H groups in total. The summed E-state index contributed by atoms with van der Waals surface area (Å²) in [5.41, 5.74) is 13.5. The Morgan fingerprint density at radius 1 is 1.24 bits per heavy atom. The predicted octanol–water partition coefficient (Wildman–Crippen LogP) is 0.361. The molecule has 0 atom stereocenters. The van der Waals surface area contributed by atoms with Crippen LogP contribution < -0.4 is 16.8 Å². The first-order valence-corrected chi connectivity index (χ1v) is 5.87. The van der Waals surface area contributed by atoms with Crippen LogP contribution in [0.15, 0.2) is 12.1 Å². The fourth-order valence-corrected chi connectivity index (χ4v) is 2.47. The molecule has 0 aromatic carbocycles. The molecule has 3 heterocycles. The number of nitrogens with one attached hydrogen (secondary N) is 1. The van der Waals surface area contributed by atoms with E-state index in [1.54, 1.807) is 4.52 Å². The Hall–Kier alpha value is -1.82. The van der Waals surface area contributed by atoms with Gasteiger partial charge in [-0.2, -0.15) is 9.50 Å². The van der Waals surface area contributed by atoms with Crippen LogP contribution in [-0.2, 0) is 0 Å². The molecule has 0 radical (unpaired) electrons. The molecular weight excluding hydrogens is 216 g/mol. The second-order valence-electron chi connectivity index (χ2n) is 4.44. The lowest BCUT2D eigenvalue weighted by Gasteiger charge is -2.23. The summed E-state index contributed by atoms with van der Waals surface area (Å²) in [5, 5.41) is 7.47. The zero-order valence-corrected chi connectivity index (χ0v) is 9.56. The second kappa shape index (κ2) is 3.89. The first kappa shape index (κ1) is 10.3. The van der Waals surface area contributed by atoms with E-state index < -0.39 is 0 Å². The largest absolute Gasteiger partial charge is 0.384 e. The van der Waals surface area contributed by atoms with Crippen molar-refractivity contribution < 1.29 is 0 Å². The van der Waals surface area contributed by atoms with Gasteiger partial charge < -0.3 is 16.8 Å². The van der Waals surface area contributed by atoms with E-state index >= 15 is 0 Å². The van der Waals surface area contributed by atoms with Crippen molar-refractivity contribution in [1.82, 2.24) is 19.9 Å². The molecule has 0 spiro atoms. The van der Waals surface area contributed by atoms with E-state index in [0.29, 0.717) is 11.7 Å². The molecular formula is C11H16N6. The van der Waals surface area contributed by atoms with E-state index in [1.807, 2.05) is 6.07 Å². The van der Waals surface area contributed by atoms with Crippen LogP contribution in [0.5, 0.6) is 0 Å². The maximum absolute atomic E-state index is 5.86. The summed E-state index contributed by atoms with van der Waals surface area (Å²) in [7, 11) is 0. The molecule has 1 fully saturated rings. The molecule has 2 aromatic heterocycles. The highest BCUT2D eigenvalue weighted by Gasteiger charge is 2.20. The van der Waals surface area contributed by atoms with Crippen molar-refractivity contribution in [3.63, 3.8) is 0 Å². The average molecular weight is 232 g/mol. The number of rotatable bonds is 1. The molecule has 0 bridgehead atoms. The number of nitrogens with two attached hydrogens (primary N) is 2. The van der Waals surface area contributed by atoms with Crippen LogP contribution in [-0.4, -0.2) is 27.7 Å². The van der Waals surface area contributed by atoms with Gasteiger partial charge in [0.1, 0.15) is 5.82 Å². The Kier molecular flexibility index (Phi) is 2.36. The minimum Gasteiger partial charge on any atom is -0.384 e. The van der Waals surface area contributed by atoms with Crippen LogP contribution in [0.2, 0.25) is 0 Å². The van der Waals surface area contributed by atoms with Crippen LogP contribution in [0.1, 0.15) is 24.3 Å². The third kappa shape index (κ3) is 1.70. The number of hydrogen-bond donors (Lipinski definition) is 3. The fraction of sp³-hybridized carbons (Fsp3) is 0.455. The van der Waals surface area contributed by atoms with Gasteiger partial charge in [-0.15, -0.1) is 5.10 Å².